The van der Waals surface area contributed by atoms with E-state index in [1.807, 2.05) is 0 Å². The first-order valence-corrected chi connectivity index (χ1v) is 7.35. The highest BCUT2D eigenvalue weighted by atomic mass is 35.5. The van der Waals surface area contributed by atoms with Crippen LogP contribution >= 0.6 is 11.6 Å². The van der Waals surface area contributed by atoms with Crippen LogP contribution in [0.5, 0.6) is 0 Å². The van der Waals surface area contributed by atoms with Gasteiger partial charge < -0.3 is 5.32 Å². The van der Waals surface area contributed by atoms with Crippen molar-refractivity contribution in [2.75, 3.05) is 0 Å². The second-order valence-corrected chi connectivity index (χ2v) is 5.70. The van der Waals surface area contributed by atoms with Gasteiger partial charge in [-0.3, -0.25) is 0 Å². The smallest absolute Gasteiger partial charge is 0.129 e. The number of hydrogen-bond donors (Lipinski definition) is 1. The topological polar surface area (TPSA) is 12.0 Å². The molecule has 0 heterocycles. The normalized spacial score (nSPS) is 17.8. The standard InChI is InChI=1S/C17H17ClFN/c18-16-6-3-7-17(19)15(16)11-20-14-9-8-12-4-1-2-5-13(12)10-14/h1-7,14,20H,8-11H2. The Morgan fingerprint density at radius 1 is 1.10 bits per heavy atom. The molecule has 1 N–H and O–H groups in total. The van der Waals surface area contributed by atoms with E-state index in [0.717, 1.165) is 19.3 Å². The Morgan fingerprint density at radius 3 is 2.70 bits per heavy atom. The fraction of sp³-hybridized carbons (Fsp3) is 0.294. The van der Waals surface area contributed by atoms with Gasteiger partial charge in [-0.1, -0.05) is 41.9 Å². The van der Waals surface area contributed by atoms with Gasteiger partial charge in [0.15, 0.2) is 0 Å². The maximum Gasteiger partial charge on any atom is 0.129 e. The lowest BCUT2D eigenvalue weighted by molar-refractivity contribution is 0.451. The van der Waals surface area contributed by atoms with Crippen LogP contribution in [-0.2, 0) is 19.4 Å². The van der Waals surface area contributed by atoms with Crippen LogP contribution in [0.15, 0.2) is 42.5 Å². The summed E-state index contributed by atoms with van der Waals surface area (Å²) < 4.78 is 13.7. The third-order valence-corrected chi connectivity index (χ3v) is 4.33. The first kappa shape index (κ1) is 13.6. The van der Waals surface area contributed by atoms with Crippen molar-refractivity contribution in [1.29, 1.82) is 0 Å². The van der Waals surface area contributed by atoms with Gasteiger partial charge in [-0.05, 0) is 42.5 Å². The third-order valence-electron chi connectivity index (χ3n) is 3.98. The number of aryl methyl sites for hydroxylation is 1. The van der Waals surface area contributed by atoms with Crippen LogP contribution in [0.1, 0.15) is 23.1 Å². The van der Waals surface area contributed by atoms with Crippen molar-refractivity contribution < 1.29 is 4.39 Å². The number of rotatable bonds is 3. The summed E-state index contributed by atoms with van der Waals surface area (Å²) in [5, 5.41) is 3.93. The van der Waals surface area contributed by atoms with E-state index in [-0.39, 0.29) is 5.82 Å². The van der Waals surface area contributed by atoms with E-state index < -0.39 is 0 Å². The molecule has 0 radical (unpaired) electrons. The van der Waals surface area contributed by atoms with Gasteiger partial charge in [-0.2, -0.15) is 0 Å². The number of halogens is 2. The molecule has 104 valence electrons. The summed E-state index contributed by atoms with van der Waals surface area (Å²) in [6.45, 7) is 0.484. The molecule has 3 rings (SSSR count). The van der Waals surface area contributed by atoms with E-state index in [0.29, 0.717) is 23.2 Å². The van der Waals surface area contributed by atoms with E-state index in [9.17, 15) is 4.39 Å². The lowest BCUT2D eigenvalue weighted by atomic mass is 9.88. The van der Waals surface area contributed by atoms with E-state index >= 15 is 0 Å². The van der Waals surface area contributed by atoms with Crippen LogP contribution in [0.4, 0.5) is 4.39 Å². The van der Waals surface area contributed by atoms with Crippen LogP contribution in [0.3, 0.4) is 0 Å². The van der Waals surface area contributed by atoms with Gasteiger partial charge in [0, 0.05) is 23.2 Å². The van der Waals surface area contributed by atoms with Crippen LogP contribution < -0.4 is 5.32 Å². The Morgan fingerprint density at radius 2 is 1.90 bits per heavy atom. The van der Waals surface area contributed by atoms with Gasteiger partial charge in [0.1, 0.15) is 5.82 Å². The molecule has 1 aliphatic rings. The summed E-state index contributed by atoms with van der Waals surface area (Å²) >= 11 is 6.05. The molecule has 1 atom stereocenters. The molecule has 0 amide bonds. The lowest BCUT2D eigenvalue weighted by Gasteiger charge is -2.25. The van der Waals surface area contributed by atoms with E-state index in [1.165, 1.54) is 17.2 Å². The second-order valence-electron chi connectivity index (χ2n) is 5.29. The van der Waals surface area contributed by atoms with Crippen LogP contribution in [-0.4, -0.2) is 6.04 Å². The largest absolute Gasteiger partial charge is 0.309 e. The summed E-state index contributed by atoms with van der Waals surface area (Å²) in [5.41, 5.74) is 3.40. The zero-order valence-electron chi connectivity index (χ0n) is 11.2. The minimum atomic E-state index is -0.235. The quantitative estimate of drug-likeness (QED) is 0.896. The van der Waals surface area contributed by atoms with Crippen LogP contribution in [0, 0.1) is 5.82 Å². The van der Waals surface area contributed by atoms with Crippen molar-refractivity contribution in [3.05, 3.63) is 70.0 Å². The van der Waals surface area contributed by atoms with Gasteiger partial charge in [-0.15, -0.1) is 0 Å². The fourth-order valence-corrected chi connectivity index (χ4v) is 3.05. The molecular weight excluding hydrogens is 273 g/mol. The van der Waals surface area contributed by atoms with E-state index in [1.54, 1.807) is 12.1 Å². The molecule has 0 aliphatic heterocycles. The second kappa shape index (κ2) is 5.94. The Bertz CT molecular complexity index is 591. The summed E-state index contributed by atoms with van der Waals surface area (Å²) in [6, 6.07) is 13.8. The lowest BCUT2D eigenvalue weighted by Crippen LogP contribution is -2.34. The predicted molar refractivity (Wildman–Crippen MR) is 80.5 cm³/mol. The van der Waals surface area contributed by atoms with Crippen molar-refractivity contribution in [1.82, 2.24) is 5.32 Å². The summed E-state index contributed by atoms with van der Waals surface area (Å²) in [4.78, 5) is 0. The van der Waals surface area contributed by atoms with Gasteiger partial charge in [0.05, 0.1) is 0 Å². The Hall–Kier alpha value is -1.38. The molecule has 20 heavy (non-hydrogen) atoms. The fourth-order valence-electron chi connectivity index (χ4n) is 2.82. The highest BCUT2D eigenvalue weighted by Gasteiger charge is 2.18. The highest BCUT2D eigenvalue weighted by Crippen LogP contribution is 2.23. The molecule has 1 aliphatic carbocycles. The third kappa shape index (κ3) is 2.87. The number of benzene rings is 2. The molecule has 1 unspecified atom stereocenters. The number of nitrogens with one attached hydrogen (secondary N) is 1. The van der Waals surface area contributed by atoms with Crippen LogP contribution in [0.25, 0.3) is 0 Å². The molecule has 0 saturated heterocycles. The van der Waals surface area contributed by atoms with Gasteiger partial charge in [0.25, 0.3) is 0 Å². The first-order chi connectivity index (χ1) is 9.74. The monoisotopic (exact) mass is 289 g/mol. The summed E-state index contributed by atoms with van der Waals surface area (Å²) in [5.74, 6) is -0.235. The minimum Gasteiger partial charge on any atom is -0.309 e. The molecule has 0 aromatic heterocycles. The maximum atomic E-state index is 13.7. The molecule has 2 aromatic carbocycles. The summed E-state index contributed by atoms with van der Waals surface area (Å²) in [7, 11) is 0. The molecule has 1 nitrogen and oxygen atoms in total. The highest BCUT2D eigenvalue weighted by molar-refractivity contribution is 6.31. The van der Waals surface area contributed by atoms with Crippen molar-refractivity contribution in [2.24, 2.45) is 0 Å². The average Bonchev–Trinajstić information content (AvgIpc) is 2.46. The van der Waals surface area contributed by atoms with Crippen molar-refractivity contribution in [3.63, 3.8) is 0 Å². The average molecular weight is 290 g/mol. The zero-order chi connectivity index (χ0) is 13.9. The zero-order valence-corrected chi connectivity index (χ0v) is 12.0. The van der Waals surface area contributed by atoms with Gasteiger partial charge in [-0.25, -0.2) is 4.39 Å². The van der Waals surface area contributed by atoms with Crippen LogP contribution in [0.2, 0.25) is 5.02 Å². The van der Waals surface area contributed by atoms with E-state index in [2.05, 4.69) is 29.6 Å². The minimum absolute atomic E-state index is 0.235. The van der Waals surface area contributed by atoms with Crippen molar-refractivity contribution in [3.8, 4) is 0 Å². The van der Waals surface area contributed by atoms with E-state index in [4.69, 9.17) is 11.6 Å². The van der Waals surface area contributed by atoms with Crippen molar-refractivity contribution in [2.45, 2.75) is 31.8 Å². The van der Waals surface area contributed by atoms with Gasteiger partial charge >= 0.3 is 0 Å². The number of fused-ring (bicyclic) bond motifs is 1. The molecule has 0 bridgehead atoms. The van der Waals surface area contributed by atoms with Crippen molar-refractivity contribution >= 4 is 11.6 Å². The molecule has 0 spiro atoms. The Labute approximate surface area is 123 Å². The molecular formula is C17H17ClFN. The molecule has 3 heteroatoms. The SMILES string of the molecule is Fc1cccc(Cl)c1CNC1CCc2ccccc2C1. The molecule has 0 saturated carbocycles. The number of hydrogen-bond acceptors (Lipinski definition) is 1. The Kier molecular flexibility index (Phi) is 4.04. The molecule has 0 fully saturated rings. The summed E-state index contributed by atoms with van der Waals surface area (Å²) in [6.07, 6.45) is 3.17. The predicted octanol–water partition coefficient (Wildman–Crippen LogP) is 4.13. The molecule has 2 aromatic rings. The Balaban J connectivity index is 1.66. The first-order valence-electron chi connectivity index (χ1n) is 6.97. The van der Waals surface area contributed by atoms with Gasteiger partial charge in [0.2, 0.25) is 0 Å². The maximum absolute atomic E-state index is 13.7.